The van der Waals surface area contributed by atoms with E-state index in [0.29, 0.717) is 13.1 Å². The number of nitrogens with zero attached hydrogens (tertiary/aromatic N) is 1. The lowest BCUT2D eigenvalue weighted by Crippen LogP contribution is -2.28. The fraction of sp³-hybridized carbons (Fsp3) is 0.500. The van der Waals surface area contributed by atoms with Crippen molar-refractivity contribution in [2.24, 2.45) is 11.7 Å². The van der Waals surface area contributed by atoms with Crippen molar-refractivity contribution in [1.29, 1.82) is 0 Å². The van der Waals surface area contributed by atoms with Gasteiger partial charge in [0.15, 0.2) is 5.03 Å². The van der Waals surface area contributed by atoms with Gasteiger partial charge in [-0.15, -0.1) is 0 Å². The Morgan fingerprint density at radius 2 is 2.12 bits per heavy atom. The summed E-state index contributed by atoms with van der Waals surface area (Å²) in [6.07, 6.45) is 1.48. The van der Waals surface area contributed by atoms with Gasteiger partial charge < -0.3 is 5.73 Å². The SMILES string of the molecule is CC(C)CNS(=O)(=O)c1ccc(CN)cn1. The molecule has 0 aliphatic heterocycles. The third kappa shape index (κ3) is 3.55. The van der Waals surface area contributed by atoms with Crippen LogP contribution in [0.3, 0.4) is 0 Å². The minimum Gasteiger partial charge on any atom is -0.326 e. The number of hydrogen-bond donors (Lipinski definition) is 2. The summed E-state index contributed by atoms with van der Waals surface area (Å²) in [6, 6.07) is 3.13. The van der Waals surface area contributed by atoms with Crippen LogP contribution in [0.1, 0.15) is 19.4 Å². The zero-order valence-electron chi connectivity index (χ0n) is 9.47. The zero-order chi connectivity index (χ0) is 12.2. The van der Waals surface area contributed by atoms with Gasteiger partial charge in [0.2, 0.25) is 0 Å². The van der Waals surface area contributed by atoms with Gasteiger partial charge in [0.1, 0.15) is 0 Å². The fourth-order valence-electron chi connectivity index (χ4n) is 1.04. The van der Waals surface area contributed by atoms with Gasteiger partial charge in [0, 0.05) is 19.3 Å². The molecular weight excluding hydrogens is 226 g/mol. The van der Waals surface area contributed by atoms with Crippen molar-refractivity contribution in [3.8, 4) is 0 Å². The molecule has 1 heterocycles. The monoisotopic (exact) mass is 243 g/mol. The lowest BCUT2D eigenvalue weighted by Gasteiger charge is -2.08. The van der Waals surface area contributed by atoms with E-state index in [1.807, 2.05) is 13.8 Å². The van der Waals surface area contributed by atoms with E-state index in [1.54, 1.807) is 6.07 Å². The van der Waals surface area contributed by atoms with Crippen LogP contribution < -0.4 is 10.5 Å². The Morgan fingerprint density at radius 1 is 1.44 bits per heavy atom. The maximum absolute atomic E-state index is 11.7. The molecule has 0 saturated carbocycles. The molecule has 0 aromatic carbocycles. The Morgan fingerprint density at radius 3 is 2.56 bits per heavy atom. The minimum atomic E-state index is -3.48. The summed E-state index contributed by atoms with van der Waals surface area (Å²) < 4.78 is 26.0. The first-order valence-electron chi connectivity index (χ1n) is 5.10. The van der Waals surface area contributed by atoms with E-state index < -0.39 is 10.0 Å². The molecule has 0 unspecified atom stereocenters. The van der Waals surface area contributed by atoms with E-state index in [-0.39, 0.29) is 10.9 Å². The van der Waals surface area contributed by atoms with Crippen LogP contribution in [-0.2, 0) is 16.6 Å². The predicted octanol–water partition coefficient (Wildman–Crippen LogP) is 0.475. The summed E-state index contributed by atoms with van der Waals surface area (Å²) in [5.74, 6) is 0.262. The third-order valence-corrected chi connectivity index (χ3v) is 3.33. The van der Waals surface area contributed by atoms with Gasteiger partial charge in [0.05, 0.1) is 0 Å². The van der Waals surface area contributed by atoms with Crippen molar-refractivity contribution < 1.29 is 8.42 Å². The van der Waals surface area contributed by atoms with Crippen LogP contribution in [0.2, 0.25) is 0 Å². The molecule has 6 heteroatoms. The van der Waals surface area contributed by atoms with E-state index >= 15 is 0 Å². The molecule has 0 bridgehead atoms. The summed E-state index contributed by atoms with van der Waals surface area (Å²) in [5.41, 5.74) is 6.21. The smallest absolute Gasteiger partial charge is 0.258 e. The average molecular weight is 243 g/mol. The Hall–Kier alpha value is -0.980. The van der Waals surface area contributed by atoms with Gasteiger partial charge in [-0.25, -0.2) is 18.1 Å². The van der Waals surface area contributed by atoms with Crippen LogP contribution in [0.25, 0.3) is 0 Å². The number of hydrogen-bond acceptors (Lipinski definition) is 4. The standard InChI is InChI=1S/C10H17N3O2S/c1-8(2)6-13-16(14,15)10-4-3-9(5-11)7-12-10/h3-4,7-8,13H,5-6,11H2,1-2H3. The summed E-state index contributed by atoms with van der Waals surface area (Å²) in [4.78, 5) is 3.87. The molecule has 0 atom stereocenters. The molecule has 16 heavy (non-hydrogen) atoms. The van der Waals surface area contributed by atoms with E-state index in [0.717, 1.165) is 5.56 Å². The quantitative estimate of drug-likeness (QED) is 0.787. The molecule has 1 aromatic heterocycles. The van der Waals surface area contributed by atoms with Crippen molar-refractivity contribution in [2.45, 2.75) is 25.4 Å². The highest BCUT2D eigenvalue weighted by molar-refractivity contribution is 7.89. The van der Waals surface area contributed by atoms with Crippen molar-refractivity contribution in [1.82, 2.24) is 9.71 Å². The number of sulfonamides is 1. The molecule has 1 aromatic rings. The number of rotatable bonds is 5. The molecule has 3 N–H and O–H groups in total. The van der Waals surface area contributed by atoms with Crippen LogP contribution in [-0.4, -0.2) is 19.9 Å². The van der Waals surface area contributed by atoms with Crippen LogP contribution in [0.4, 0.5) is 0 Å². The Balaban J connectivity index is 2.82. The van der Waals surface area contributed by atoms with Crippen LogP contribution in [0.5, 0.6) is 0 Å². The van der Waals surface area contributed by atoms with Crippen LogP contribution in [0, 0.1) is 5.92 Å². The highest BCUT2D eigenvalue weighted by atomic mass is 32.2. The highest BCUT2D eigenvalue weighted by Crippen LogP contribution is 2.06. The second kappa shape index (κ2) is 5.38. The van der Waals surface area contributed by atoms with E-state index in [9.17, 15) is 8.42 Å². The Bertz CT molecular complexity index is 426. The molecule has 0 spiro atoms. The van der Waals surface area contributed by atoms with Crippen LogP contribution in [0.15, 0.2) is 23.4 Å². The first kappa shape index (κ1) is 13.1. The second-order valence-corrected chi connectivity index (χ2v) is 5.67. The summed E-state index contributed by atoms with van der Waals surface area (Å²) in [6.45, 7) is 4.64. The van der Waals surface area contributed by atoms with Crippen molar-refractivity contribution in [2.75, 3.05) is 6.54 Å². The Kier molecular flexibility index (Phi) is 4.40. The maximum atomic E-state index is 11.7. The van der Waals surface area contributed by atoms with Gasteiger partial charge in [-0.2, -0.15) is 0 Å². The minimum absolute atomic E-state index is 0.0327. The largest absolute Gasteiger partial charge is 0.326 e. The average Bonchev–Trinajstić information content (AvgIpc) is 2.27. The van der Waals surface area contributed by atoms with E-state index in [1.165, 1.54) is 12.3 Å². The van der Waals surface area contributed by atoms with E-state index in [4.69, 9.17) is 5.73 Å². The second-order valence-electron chi connectivity index (χ2n) is 3.95. The molecule has 0 saturated heterocycles. The van der Waals surface area contributed by atoms with Gasteiger partial charge in [-0.3, -0.25) is 0 Å². The number of pyridine rings is 1. The topological polar surface area (TPSA) is 85.1 Å². The summed E-state index contributed by atoms with van der Waals surface area (Å²) in [5, 5.41) is 0.0327. The van der Waals surface area contributed by atoms with Crippen molar-refractivity contribution >= 4 is 10.0 Å². The first-order chi connectivity index (χ1) is 7.45. The zero-order valence-corrected chi connectivity index (χ0v) is 10.3. The molecule has 0 radical (unpaired) electrons. The summed E-state index contributed by atoms with van der Waals surface area (Å²) in [7, 11) is -3.48. The lowest BCUT2D eigenvalue weighted by molar-refractivity contribution is 0.557. The summed E-state index contributed by atoms with van der Waals surface area (Å²) >= 11 is 0. The van der Waals surface area contributed by atoms with Gasteiger partial charge in [0.25, 0.3) is 10.0 Å². The molecule has 5 nitrogen and oxygen atoms in total. The number of nitrogens with two attached hydrogens (primary N) is 1. The predicted molar refractivity (Wildman–Crippen MR) is 62.2 cm³/mol. The molecular formula is C10H17N3O2S. The maximum Gasteiger partial charge on any atom is 0.258 e. The molecule has 0 aliphatic carbocycles. The fourth-order valence-corrected chi connectivity index (χ4v) is 2.18. The highest BCUT2D eigenvalue weighted by Gasteiger charge is 2.15. The normalized spacial score (nSPS) is 12.0. The lowest BCUT2D eigenvalue weighted by atomic mass is 10.2. The number of aromatic nitrogens is 1. The molecule has 0 fully saturated rings. The van der Waals surface area contributed by atoms with Crippen LogP contribution >= 0.6 is 0 Å². The Labute approximate surface area is 96.1 Å². The molecule has 1 rings (SSSR count). The van der Waals surface area contributed by atoms with E-state index in [2.05, 4.69) is 9.71 Å². The molecule has 0 amide bonds. The number of nitrogens with one attached hydrogen (secondary N) is 1. The molecule has 0 aliphatic rings. The van der Waals surface area contributed by atoms with Gasteiger partial charge in [-0.1, -0.05) is 19.9 Å². The third-order valence-electron chi connectivity index (χ3n) is 1.99. The van der Waals surface area contributed by atoms with Crippen molar-refractivity contribution in [3.05, 3.63) is 23.9 Å². The van der Waals surface area contributed by atoms with Gasteiger partial charge in [-0.05, 0) is 17.5 Å². The van der Waals surface area contributed by atoms with Gasteiger partial charge >= 0.3 is 0 Å². The molecule has 90 valence electrons. The first-order valence-corrected chi connectivity index (χ1v) is 6.58. The van der Waals surface area contributed by atoms with Crippen molar-refractivity contribution in [3.63, 3.8) is 0 Å².